The highest BCUT2D eigenvalue weighted by Crippen LogP contribution is 2.24. The number of Topliss-reactive ketones (excluding diaryl/α,β-unsaturated/α-hetero) is 1. The molecule has 1 heterocycles. The van der Waals surface area contributed by atoms with Crippen molar-refractivity contribution in [2.45, 2.75) is 19.4 Å². The van der Waals surface area contributed by atoms with Crippen molar-refractivity contribution >= 4 is 16.7 Å². The Hall–Kier alpha value is -3.17. The zero-order valence-corrected chi connectivity index (χ0v) is 16.0. The van der Waals surface area contributed by atoms with Crippen LogP contribution in [0.25, 0.3) is 10.9 Å². The van der Waals surface area contributed by atoms with Gasteiger partial charge in [-0.15, -0.1) is 0 Å². The number of fused-ring (bicyclic) bond motifs is 1. The van der Waals surface area contributed by atoms with E-state index in [2.05, 4.69) is 41.5 Å². The summed E-state index contributed by atoms with van der Waals surface area (Å²) in [4.78, 5) is 16.6. The Bertz CT molecular complexity index is 1060. The van der Waals surface area contributed by atoms with Crippen molar-refractivity contribution in [1.29, 1.82) is 0 Å². The number of carbonyl (C=O) groups is 1. The lowest BCUT2D eigenvalue weighted by atomic mass is 9.96. The maximum Gasteiger partial charge on any atom is 0.186 e. The summed E-state index contributed by atoms with van der Waals surface area (Å²) in [5, 5.41) is 4.45. The van der Waals surface area contributed by atoms with E-state index in [1.165, 1.54) is 11.1 Å². The molecule has 3 nitrogen and oxygen atoms in total. The van der Waals surface area contributed by atoms with Gasteiger partial charge in [0.1, 0.15) is 0 Å². The minimum Gasteiger partial charge on any atom is -0.360 e. The number of hydrogen-bond donors (Lipinski definition) is 2. The third kappa shape index (κ3) is 3.90. The van der Waals surface area contributed by atoms with Crippen molar-refractivity contribution in [2.24, 2.45) is 0 Å². The first kappa shape index (κ1) is 18.2. The number of para-hydroxylation sites is 1. The molecule has 0 saturated carbocycles. The Morgan fingerprint density at radius 3 is 2.43 bits per heavy atom. The molecule has 0 aliphatic rings. The topological polar surface area (TPSA) is 44.9 Å². The Balaban J connectivity index is 1.57. The highest BCUT2D eigenvalue weighted by Gasteiger charge is 2.23. The Morgan fingerprint density at radius 2 is 1.64 bits per heavy atom. The van der Waals surface area contributed by atoms with Crippen LogP contribution in [0.15, 0.2) is 85.1 Å². The molecule has 0 bridgehead atoms. The van der Waals surface area contributed by atoms with Crippen molar-refractivity contribution in [3.05, 3.63) is 107 Å². The molecule has 0 unspecified atom stereocenters. The first-order valence-electron chi connectivity index (χ1n) is 9.66. The summed E-state index contributed by atoms with van der Waals surface area (Å²) >= 11 is 0. The molecular weight excluding hydrogens is 344 g/mol. The number of benzene rings is 3. The van der Waals surface area contributed by atoms with E-state index in [4.69, 9.17) is 0 Å². The number of rotatable bonds is 7. The molecule has 0 aliphatic heterocycles. The second-order valence-electron chi connectivity index (χ2n) is 7.15. The van der Waals surface area contributed by atoms with Gasteiger partial charge < -0.3 is 10.3 Å². The Morgan fingerprint density at radius 1 is 0.929 bits per heavy atom. The van der Waals surface area contributed by atoms with Crippen molar-refractivity contribution in [1.82, 2.24) is 10.3 Å². The Labute approximate surface area is 165 Å². The first-order valence-corrected chi connectivity index (χ1v) is 9.66. The fraction of sp³-hybridized carbons (Fsp3) is 0.160. The maximum atomic E-state index is 13.4. The van der Waals surface area contributed by atoms with Gasteiger partial charge in [0.25, 0.3) is 0 Å². The van der Waals surface area contributed by atoms with Crippen molar-refractivity contribution < 1.29 is 4.79 Å². The molecule has 0 spiro atoms. The zero-order chi connectivity index (χ0) is 19.3. The van der Waals surface area contributed by atoms with Crippen molar-refractivity contribution in [2.75, 3.05) is 6.54 Å². The quantitative estimate of drug-likeness (QED) is 0.439. The van der Waals surface area contributed by atoms with E-state index in [-0.39, 0.29) is 11.8 Å². The van der Waals surface area contributed by atoms with E-state index < -0.39 is 0 Å². The predicted molar refractivity (Wildman–Crippen MR) is 115 cm³/mol. The van der Waals surface area contributed by atoms with Crippen LogP contribution in [0.2, 0.25) is 0 Å². The lowest BCUT2D eigenvalue weighted by Gasteiger charge is -2.18. The van der Waals surface area contributed by atoms with Crippen molar-refractivity contribution in [3.8, 4) is 0 Å². The molecule has 140 valence electrons. The third-order valence-corrected chi connectivity index (χ3v) is 5.13. The van der Waals surface area contributed by atoms with Crippen LogP contribution in [0.1, 0.15) is 33.1 Å². The van der Waals surface area contributed by atoms with E-state index in [0.717, 1.165) is 35.0 Å². The highest BCUT2D eigenvalue weighted by atomic mass is 16.1. The van der Waals surface area contributed by atoms with Gasteiger partial charge in [-0.25, -0.2) is 0 Å². The van der Waals surface area contributed by atoms with Gasteiger partial charge in [0, 0.05) is 29.2 Å². The minimum atomic E-state index is -0.370. The molecule has 3 aromatic carbocycles. The van der Waals surface area contributed by atoms with E-state index in [1.54, 1.807) is 0 Å². The SMILES string of the molecule is Cc1ccc(CCN[C@H](C(=O)c2c[nH]c3ccccc23)c2ccccc2)cc1. The fourth-order valence-corrected chi connectivity index (χ4v) is 3.55. The van der Waals surface area contributed by atoms with Gasteiger partial charge in [0.15, 0.2) is 5.78 Å². The molecule has 28 heavy (non-hydrogen) atoms. The summed E-state index contributed by atoms with van der Waals surface area (Å²) in [6.45, 7) is 2.82. The standard InChI is InChI=1S/C25H24N2O/c1-18-11-13-19(14-12-18)15-16-26-24(20-7-3-2-4-8-20)25(28)22-17-27-23-10-6-5-9-21(22)23/h2-14,17,24,26-27H,15-16H2,1H3/t24-/m0/s1. The molecule has 0 amide bonds. The van der Waals surface area contributed by atoms with E-state index >= 15 is 0 Å². The molecular formula is C25H24N2O. The number of carbonyl (C=O) groups excluding carboxylic acids is 1. The van der Waals surface area contributed by atoms with Crippen LogP contribution in [0.5, 0.6) is 0 Å². The van der Waals surface area contributed by atoms with Gasteiger partial charge in [-0.2, -0.15) is 0 Å². The average Bonchev–Trinajstić information content (AvgIpc) is 3.17. The van der Waals surface area contributed by atoms with Gasteiger partial charge >= 0.3 is 0 Å². The summed E-state index contributed by atoms with van der Waals surface area (Å²) < 4.78 is 0. The first-order chi connectivity index (χ1) is 13.7. The molecule has 4 aromatic rings. The molecule has 1 aromatic heterocycles. The second kappa shape index (κ2) is 8.24. The van der Waals surface area contributed by atoms with Crippen LogP contribution < -0.4 is 5.32 Å². The van der Waals surface area contributed by atoms with Crippen LogP contribution in [0, 0.1) is 6.92 Å². The molecule has 0 radical (unpaired) electrons. The smallest absolute Gasteiger partial charge is 0.186 e. The van der Waals surface area contributed by atoms with E-state index in [0.29, 0.717) is 0 Å². The number of nitrogens with one attached hydrogen (secondary N) is 2. The maximum absolute atomic E-state index is 13.4. The summed E-state index contributed by atoms with van der Waals surface area (Å²) in [6, 6.07) is 26.1. The highest BCUT2D eigenvalue weighted by molar-refractivity contribution is 6.10. The molecule has 0 saturated heterocycles. The van der Waals surface area contributed by atoms with Crippen LogP contribution in [0.4, 0.5) is 0 Å². The number of hydrogen-bond acceptors (Lipinski definition) is 2. The molecule has 4 rings (SSSR count). The predicted octanol–water partition coefficient (Wildman–Crippen LogP) is 5.23. The van der Waals surface area contributed by atoms with E-state index in [1.807, 2.05) is 60.8 Å². The average molecular weight is 368 g/mol. The van der Waals surface area contributed by atoms with Crippen LogP contribution in [0.3, 0.4) is 0 Å². The van der Waals surface area contributed by atoms with Gasteiger partial charge in [-0.1, -0.05) is 78.4 Å². The van der Waals surface area contributed by atoms with E-state index in [9.17, 15) is 4.79 Å². The number of aromatic nitrogens is 1. The molecule has 2 N–H and O–H groups in total. The van der Waals surface area contributed by atoms with Gasteiger partial charge in [0.2, 0.25) is 0 Å². The summed E-state index contributed by atoms with van der Waals surface area (Å²) in [5.41, 5.74) is 5.23. The lowest BCUT2D eigenvalue weighted by Crippen LogP contribution is -2.30. The zero-order valence-electron chi connectivity index (χ0n) is 16.0. The van der Waals surface area contributed by atoms with Crippen LogP contribution in [-0.2, 0) is 6.42 Å². The monoisotopic (exact) mass is 368 g/mol. The van der Waals surface area contributed by atoms with Crippen LogP contribution >= 0.6 is 0 Å². The molecule has 1 atom stereocenters. The van der Waals surface area contributed by atoms with Gasteiger partial charge in [-0.3, -0.25) is 4.79 Å². The van der Waals surface area contributed by atoms with Crippen LogP contribution in [-0.4, -0.2) is 17.3 Å². The lowest BCUT2D eigenvalue weighted by molar-refractivity contribution is 0.0945. The molecule has 3 heteroatoms. The number of aryl methyl sites for hydroxylation is 1. The van der Waals surface area contributed by atoms with Crippen molar-refractivity contribution in [3.63, 3.8) is 0 Å². The summed E-state index contributed by atoms with van der Waals surface area (Å²) in [5.74, 6) is 0.0903. The van der Waals surface area contributed by atoms with Gasteiger partial charge in [0.05, 0.1) is 6.04 Å². The second-order valence-corrected chi connectivity index (χ2v) is 7.15. The van der Waals surface area contributed by atoms with Gasteiger partial charge in [-0.05, 0) is 30.5 Å². The summed E-state index contributed by atoms with van der Waals surface area (Å²) in [7, 11) is 0. The fourth-order valence-electron chi connectivity index (χ4n) is 3.55. The summed E-state index contributed by atoms with van der Waals surface area (Å²) in [6.07, 6.45) is 2.70. The Kier molecular flexibility index (Phi) is 5.36. The minimum absolute atomic E-state index is 0.0903. The molecule has 0 fully saturated rings. The number of aromatic amines is 1. The third-order valence-electron chi connectivity index (χ3n) is 5.13. The largest absolute Gasteiger partial charge is 0.360 e. The number of ketones is 1. The number of H-pyrrole nitrogens is 1. The normalized spacial score (nSPS) is 12.2. The molecule has 0 aliphatic carbocycles.